The summed E-state index contributed by atoms with van der Waals surface area (Å²) >= 11 is 0. The normalized spacial score (nSPS) is 16.4. The molecular weight excluding hydrogens is 424 g/mol. The highest BCUT2D eigenvalue weighted by Gasteiger charge is 2.33. The summed E-state index contributed by atoms with van der Waals surface area (Å²) in [6, 6.07) is 14.3. The van der Waals surface area contributed by atoms with Crippen LogP contribution in [0.1, 0.15) is 75.8 Å². The van der Waals surface area contributed by atoms with E-state index >= 15 is 0 Å². The predicted molar refractivity (Wildman–Crippen MR) is 137 cm³/mol. The summed E-state index contributed by atoms with van der Waals surface area (Å²) in [7, 11) is 0. The van der Waals surface area contributed by atoms with Gasteiger partial charge in [0.2, 0.25) is 5.91 Å². The minimum Gasteiger partial charge on any atom is -0.481 e. The van der Waals surface area contributed by atoms with Crippen molar-refractivity contribution in [2.45, 2.75) is 73.0 Å². The molecule has 1 aliphatic heterocycles. The van der Waals surface area contributed by atoms with E-state index in [0.29, 0.717) is 31.2 Å². The van der Waals surface area contributed by atoms with Crippen LogP contribution in [0.2, 0.25) is 0 Å². The summed E-state index contributed by atoms with van der Waals surface area (Å²) in [5, 5.41) is 3.01. The molecule has 0 aromatic heterocycles. The van der Waals surface area contributed by atoms with E-state index in [1.807, 2.05) is 37.8 Å². The lowest BCUT2D eigenvalue weighted by atomic mass is 9.87. The molecule has 2 atom stereocenters. The maximum Gasteiger partial charge on any atom is 0.261 e. The Balaban J connectivity index is 1.90. The van der Waals surface area contributed by atoms with Crippen molar-refractivity contribution in [2.75, 3.05) is 13.1 Å². The molecule has 1 heterocycles. The van der Waals surface area contributed by atoms with Crippen LogP contribution < -0.4 is 10.1 Å². The van der Waals surface area contributed by atoms with Crippen LogP contribution in [0.3, 0.4) is 0 Å². The molecular formula is C29H40N2O3. The number of benzene rings is 2. The SMILES string of the molecule is CCC(Oc1ccc2c(c1)C(c1ccc(C)cc1)N(C(=O)C(C)C)CC2)C(=O)NCCC(C)C. The van der Waals surface area contributed by atoms with Crippen LogP contribution in [0.15, 0.2) is 42.5 Å². The molecule has 2 aromatic rings. The molecule has 2 unspecified atom stereocenters. The fourth-order valence-corrected chi connectivity index (χ4v) is 4.43. The Morgan fingerprint density at radius 3 is 2.41 bits per heavy atom. The number of rotatable bonds is 9. The number of carbonyl (C=O) groups is 2. The second-order valence-electron chi connectivity index (χ2n) is 10.1. The van der Waals surface area contributed by atoms with Crippen molar-refractivity contribution < 1.29 is 14.3 Å². The van der Waals surface area contributed by atoms with Gasteiger partial charge in [0.25, 0.3) is 5.91 Å². The van der Waals surface area contributed by atoms with Gasteiger partial charge >= 0.3 is 0 Å². The van der Waals surface area contributed by atoms with Gasteiger partial charge in [0.1, 0.15) is 5.75 Å². The summed E-state index contributed by atoms with van der Waals surface area (Å²) in [5.41, 5.74) is 4.58. The number of carbonyl (C=O) groups excluding carboxylic acids is 2. The van der Waals surface area contributed by atoms with Gasteiger partial charge in [-0.3, -0.25) is 9.59 Å². The zero-order valence-electron chi connectivity index (χ0n) is 21.6. The van der Waals surface area contributed by atoms with E-state index < -0.39 is 6.10 Å². The van der Waals surface area contributed by atoms with Crippen molar-refractivity contribution in [3.63, 3.8) is 0 Å². The van der Waals surface area contributed by atoms with Crippen molar-refractivity contribution >= 4 is 11.8 Å². The maximum absolute atomic E-state index is 13.1. The Morgan fingerprint density at radius 1 is 1.09 bits per heavy atom. The number of amides is 2. The van der Waals surface area contributed by atoms with Crippen LogP contribution >= 0.6 is 0 Å². The number of ether oxygens (including phenoxy) is 1. The highest BCUT2D eigenvalue weighted by molar-refractivity contribution is 5.81. The second-order valence-corrected chi connectivity index (χ2v) is 10.1. The number of hydrogen-bond donors (Lipinski definition) is 1. The van der Waals surface area contributed by atoms with Crippen LogP contribution in [0.4, 0.5) is 0 Å². The van der Waals surface area contributed by atoms with Crippen LogP contribution in [0, 0.1) is 18.8 Å². The summed E-state index contributed by atoms with van der Waals surface area (Å²) < 4.78 is 6.18. The molecule has 0 saturated heterocycles. The quantitative estimate of drug-likeness (QED) is 0.537. The van der Waals surface area contributed by atoms with E-state index in [4.69, 9.17) is 4.74 Å². The first-order valence-corrected chi connectivity index (χ1v) is 12.7. The number of hydrogen-bond acceptors (Lipinski definition) is 3. The third-order valence-corrected chi connectivity index (χ3v) is 6.48. The fourth-order valence-electron chi connectivity index (χ4n) is 4.43. The number of aryl methyl sites for hydroxylation is 1. The van der Waals surface area contributed by atoms with Crippen LogP contribution in [-0.4, -0.2) is 35.9 Å². The summed E-state index contributed by atoms with van der Waals surface area (Å²) in [4.78, 5) is 27.8. The molecule has 5 nitrogen and oxygen atoms in total. The Bertz CT molecular complexity index is 981. The molecule has 2 amide bonds. The van der Waals surface area contributed by atoms with Crippen LogP contribution in [0.25, 0.3) is 0 Å². The molecule has 34 heavy (non-hydrogen) atoms. The van der Waals surface area contributed by atoms with Crippen molar-refractivity contribution in [1.82, 2.24) is 10.2 Å². The first-order chi connectivity index (χ1) is 16.2. The van der Waals surface area contributed by atoms with Crippen molar-refractivity contribution in [3.05, 3.63) is 64.7 Å². The van der Waals surface area contributed by atoms with Crippen molar-refractivity contribution in [1.29, 1.82) is 0 Å². The number of nitrogens with one attached hydrogen (secondary N) is 1. The molecule has 5 heteroatoms. The van der Waals surface area contributed by atoms with Crippen LogP contribution in [-0.2, 0) is 16.0 Å². The molecule has 1 N–H and O–H groups in total. The van der Waals surface area contributed by atoms with E-state index in [9.17, 15) is 9.59 Å². The van der Waals surface area contributed by atoms with E-state index in [2.05, 4.69) is 56.4 Å². The Kier molecular flexibility index (Phi) is 8.76. The molecule has 3 rings (SSSR count). The van der Waals surface area contributed by atoms with E-state index in [0.717, 1.165) is 24.0 Å². The minimum atomic E-state index is -0.542. The van der Waals surface area contributed by atoms with Crippen molar-refractivity contribution in [2.24, 2.45) is 11.8 Å². The largest absolute Gasteiger partial charge is 0.481 e. The highest BCUT2D eigenvalue weighted by atomic mass is 16.5. The Hall–Kier alpha value is -2.82. The average Bonchev–Trinajstić information content (AvgIpc) is 2.81. The van der Waals surface area contributed by atoms with Gasteiger partial charge in [-0.05, 0) is 60.9 Å². The third kappa shape index (κ3) is 6.19. The molecule has 0 fully saturated rings. The lowest BCUT2D eigenvalue weighted by Crippen LogP contribution is -2.42. The lowest BCUT2D eigenvalue weighted by Gasteiger charge is -2.39. The molecule has 0 bridgehead atoms. The van der Waals surface area contributed by atoms with Gasteiger partial charge in [-0.25, -0.2) is 0 Å². The standard InChI is InChI=1S/C29H40N2O3/c1-7-26(28(32)30-16-14-19(2)3)34-24-13-12-22-15-17-31(29(33)20(4)5)27(25(22)18-24)23-10-8-21(6)9-11-23/h8-13,18-20,26-27H,7,14-17H2,1-6H3,(H,30,32). The molecule has 184 valence electrons. The zero-order valence-corrected chi connectivity index (χ0v) is 21.6. The monoisotopic (exact) mass is 464 g/mol. The molecule has 0 saturated carbocycles. The molecule has 0 radical (unpaired) electrons. The van der Waals surface area contributed by atoms with Gasteiger partial charge in [-0.1, -0.05) is 70.5 Å². The number of fused-ring (bicyclic) bond motifs is 1. The van der Waals surface area contributed by atoms with Crippen molar-refractivity contribution in [3.8, 4) is 5.75 Å². The fraction of sp³-hybridized carbons (Fsp3) is 0.517. The summed E-state index contributed by atoms with van der Waals surface area (Å²) in [6.45, 7) is 13.6. The van der Waals surface area contributed by atoms with E-state index in [1.54, 1.807) is 0 Å². The summed E-state index contributed by atoms with van der Waals surface area (Å²) in [5.74, 6) is 1.21. The Labute approximate surface area is 204 Å². The topological polar surface area (TPSA) is 58.6 Å². The smallest absolute Gasteiger partial charge is 0.261 e. The first kappa shape index (κ1) is 25.8. The van der Waals surface area contributed by atoms with Gasteiger partial charge < -0.3 is 15.0 Å². The van der Waals surface area contributed by atoms with Gasteiger partial charge in [0.15, 0.2) is 6.10 Å². The molecule has 0 spiro atoms. The molecule has 0 aliphatic carbocycles. The van der Waals surface area contributed by atoms with Crippen LogP contribution in [0.5, 0.6) is 5.75 Å². The van der Waals surface area contributed by atoms with E-state index in [-0.39, 0.29) is 23.8 Å². The minimum absolute atomic E-state index is 0.0760. The van der Waals surface area contributed by atoms with E-state index in [1.165, 1.54) is 11.1 Å². The maximum atomic E-state index is 13.1. The Morgan fingerprint density at radius 2 is 1.79 bits per heavy atom. The van der Waals surface area contributed by atoms with Gasteiger partial charge in [0, 0.05) is 19.0 Å². The summed E-state index contributed by atoms with van der Waals surface area (Å²) in [6.07, 6.45) is 1.80. The highest BCUT2D eigenvalue weighted by Crippen LogP contribution is 2.38. The second kappa shape index (κ2) is 11.5. The average molecular weight is 465 g/mol. The lowest BCUT2D eigenvalue weighted by molar-refractivity contribution is -0.136. The van der Waals surface area contributed by atoms with Gasteiger partial charge in [-0.2, -0.15) is 0 Å². The third-order valence-electron chi connectivity index (χ3n) is 6.48. The number of nitrogens with zero attached hydrogens (tertiary/aromatic N) is 1. The zero-order chi connectivity index (χ0) is 24.8. The van der Waals surface area contributed by atoms with Gasteiger partial charge in [-0.15, -0.1) is 0 Å². The van der Waals surface area contributed by atoms with Gasteiger partial charge in [0.05, 0.1) is 6.04 Å². The molecule has 2 aromatic carbocycles. The predicted octanol–water partition coefficient (Wildman–Crippen LogP) is 5.44. The molecule has 1 aliphatic rings. The first-order valence-electron chi connectivity index (χ1n) is 12.7.